The number of rotatable bonds is 0. The number of carbonyl (C=O) groups is 3. The highest BCUT2D eigenvalue weighted by molar-refractivity contribution is 6.23. The Labute approximate surface area is 94.6 Å². The van der Waals surface area contributed by atoms with Crippen LogP contribution >= 0.6 is 0 Å². The van der Waals surface area contributed by atoms with E-state index < -0.39 is 5.41 Å². The summed E-state index contributed by atoms with van der Waals surface area (Å²) in [4.78, 5) is 35.6. The predicted molar refractivity (Wildman–Crippen MR) is 56.8 cm³/mol. The van der Waals surface area contributed by atoms with Gasteiger partial charge in [-0.05, 0) is 31.1 Å². The van der Waals surface area contributed by atoms with Crippen molar-refractivity contribution in [1.82, 2.24) is 0 Å². The molecule has 3 heteroatoms. The lowest BCUT2D eigenvalue weighted by Gasteiger charge is -2.35. The molecule has 0 aromatic heterocycles. The molecule has 16 heavy (non-hydrogen) atoms. The molecular formula is C13H16O3. The van der Waals surface area contributed by atoms with Gasteiger partial charge in [0, 0.05) is 0 Å². The van der Waals surface area contributed by atoms with E-state index >= 15 is 0 Å². The predicted octanol–water partition coefficient (Wildman–Crippen LogP) is 1.68. The normalized spacial score (nSPS) is 37.1. The SMILES string of the molecule is O=C1CC(=O)C2(CC3CCCC2C3)C(=O)C1. The summed E-state index contributed by atoms with van der Waals surface area (Å²) in [5, 5.41) is 0. The van der Waals surface area contributed by atoms with E-state index in [4.69, 9.17) is 0 Å². The van der Waals surface area contributed by atoms with Crippen molar-refractivity contribution in [3.05, 3.63) is 0 Å². The maximum Gasteiger partial charge on any atom is 0.154 e. The summed E-state index contributed by atoms with van der Waals surface area (Å²) < 4.78 is 0. The summed E-state index contributed by atoms with van der Waals surface area (Å²) in [5.74, 6) is 0.493. The fourth-order valence-electron chi connectivity index (χ4n) is 4.12. The van der Waals surface area contributed by atoms with Gasteiger partial charge in [0.2, 0.25) is 0 Å². The van der Waals surface area contributed by atoms with E-state index in [1.807, 2.05) is 0 Å². The van der Waals surface area contributed by atoms with Crippen LogP contribution in [0.2, 0.25) is 0 Å². The Morgan fingerprint density at radius 3 is 2.31 bits per heavy atom. The summed E-state index contributed by atoms with van der Waals surface area (Å²) >= 11 is 0. The van der Waals surface area contributed by atoms with Crippen LogP contribution < -0.4 is 0 Å². The minimum atomic E-state index is -0.727. The third kappa shape index (κ3) is 1.17. The number of hydrogen-bond acceptors (Lipinski definition) is 3. The lowest BCUT2D eigenvalue weighted by atomic mass is 9.64. The molecule has 1 spiro atoms. The molecule has 0 saturated heterocycles. The largest absolute Gasteiger partial charge is 0.299 e. The molecule has 3 aliphatic carbocycles. The van der Waals surface area contributed by atoms with Gasteiger partial charge in [0.05, 0.1) is 18.3 Å². The maximum atomic E-state index is 12.1. The molecule has 0 aliphatic heterocycles. The van der Waals surface area contributed by atoms with Crippen molar-refractivity contribution in [3.63, 3.8) is 0 Å². The van der Waals surface area contributed by atoms with Crippen LogP contribution in [0.4, 0.5) is 0 Å². The summed E-state index contributed by atoms with van der Waals surface area (Å²) in [5.41, 5.74) is -0.727. The smallest absolute Gasteiger partial charge is 0.154 e. The van der Waals surface area contributed by atoms with E-state index in [1.165, 1.54) is 0 Å². The van der Waals surface area contributed by atoms with Gasteiger partial charge in [-0.15, -0.1) is 0 Å². The second-order valence-corrected chi connectivity index (χ2v) is 5.64. The van der Waals surface area contributed by atoms with Crippen LogP contribution in [0.1, 0.15) is 44.9 Å². The van der Waals surface area contributed by atoms with Gasteiger partial charge in [0.25, 0.3) is 0 Å². The number of ketones is 3. The highest BCUT2D eigenvalue weighted by atomic mass is 16.2. The van der Waals surface area contributed by atoms with Crippen LogP contribution in [0.25, 0.3) is 0 Å². The molecule has 0 radical (unpaired) electrons. The standard InChI is InChI=1S/C13H16O3/c14-10-5-11(15)13(12(16)6-10)7-8-2-1-3-9(13)4-8/h8-9H,1-7H2. The van der Waals surface area contributed by atoms with E-state index in [0.29, 0.717) is 5.92 Å². The Morgan fingerprint density at radius 2 is 1.69 bits per heavy atom. The summed E-state index contributed by atoms with van der Waals surface area (Å²) in [7, 11) is 0. The molecule has 0 aromatic carbocycles. The quantitative estimate of drug-likeness (QED) is 0.584. The summed E-state index contributed by atoms with van der Waals surface area (Å²) in [6.07, 6.45) is 5.10. The van der Waals surface area contributed by atoms with Crippen LogP contribution in [0.3, 0.4) is 0 Å². The highest BCUT2D eigenvalue weighted by Gasteiger charge is 2.59. The van der Waals surface area contributed by atoms with Gasteiger partial charge in [0.1, 0.15) is 5.78 Å². The fraction of sp³-hybridized carbons (Fsp3) is 0.769. The third-order valence-corrected chi connectivity index (χ3v) is 4.80. The van der Waals surface area contributed by atoms with Crippen molar-refractivity contribution in [2.45, 2.75) is 44.9 Å². The lowest BCUT2D eigenvalue weighted by molar-refractivity contribution is -0.150. The average Bonchev–Trinajstić information content (AvgIpc) is 2.48. The van der Waals surface area contributed by atoms with Crippen molar-refractivity contribution in [3.8, 4) is 0 Å². The number of fused-ring (bicyclic) bond motifs is 3. The van der Waals surface area contributed by atoms with Crippen molar-refractivity contribution >= 4 is 17.3 Å². The fourth-order valence-corrected chi connectivity index (χ4v) is 4.12. The average molecular weight is 220 g/mol. The Kier molecular flexibility index (Phi) is 2.07. The van der Waals surface area contributed by atoms with Gasteiger partial charge in [-0.3, -0.25) is 14.4 Å². The molecule has 2 atom stereocenters. The molecule has 2 bridgehead atoms. The molecular weight excluding hydrogens is 204 g/mol. The minimum Gasteiger partial charge on any atom is -0.299 e. The lowest BCUT2D eigenvalue weighted by Crippen LogP contribution is -2.47. The Hall–Kier alpha value is -0.990. The van der Waals surface area contributed by atoms with Crippen molar-refractivity contribution in [2.75, 3.05) is 0 Å². The molecule has 0 heterocycles. The summed E-state index contributed by atoms with van der Waals surface area (Å²) in [6.45, 7) is 0. The van der Waals surface area contributed by atoms with Crippen LogP contribution in [0.5, 0.6) is 0 Å². The Morgan fingerprint density at radius 1 is 1.00 bits per heavy atom. The first kappa shape index (κ1) is 10.2. The van der Waals surface area contributed by atoms with E-state index in [9.17, 15) is 14.4 Å². The van der Waals surface area contributed by atoms with Crippen molar-refractivity contribution in [2.24, 2.45) is 17.3 Å². The zero-order valence-corrected chi connectivity index (χ0v) is 9.33. The first-order valence-corrected chi connectivity index (χ1v) is 6.21. The number of carbonyl (C=O) groups excluding carboxylic acids is 3. The maximum absolute atomic E-state index is 12.1. The molecule has 0 amide bonds. The van der Waals surface area contributed by atoms with Gasteiger partial charge in [-0.25, -0.2) is 0 Å². The molecule has 3 aliphatic rings. The van der Waals surface area contributed by atoms with Crippen LogP contribution in [0, 0.1) is 17.3 Å². The molecule has 3 fully saturated rings. The molecule has 0 N–H and O–H groups in total. The van der Waals surface area contributed by atoms with Crippen LogP contribution in [-0.2, 0) is 14.4 Å². The van der Waals surface area contributed by atoms with E-state index in [1.54, 1.807) is 0 Å². The van der Waals surface area contributed by atoms with E-state index in [2.05, 4.69) is 0 Å². The Bertz CT molecular complexity index is 363. The highest BCUT2D eigenvalue weighted by Crippen LogP contribution is 2.56. The number of hydrogen-bond donors (Lipinski definition) is 0. The van der Waals surface area contributed by atoms with Gasteiger partial charge < -0.3 is 0 Å². The molecule has 3 rings (SSSR count). The molecule has 2 unspecified atom stereocenters. The van der Waals surface area contributed by atoms with Gasteiger partial charge in [-0.2, -0.15) is 0 Å². The first-order chi connectivity index (χ1) is 7.63. The van der Waals surface area contributed by atoms with E-state index in [0.717, 1.165) is 32.1 Å². The van der Waals surface area contributed by atoms with Crippen molar-refractivity contribution < 1.29 is 14.4 Å². The zero-order valence-electron chi connectivity index (χ0n) is 9.33. The summed E-state index contributed by atoms with van der Waals surface area (Å²) in [6, 6.07) is 0. The Balaban J connectivity index is 2.00. The number of Topliss-reactive ketones (excluding diaryl/α,β-unsaturated/α-hetero) is 3. The van der Waals surface area contributed by atoms with Gasteiger partial charge >= 0.3 is 0 Å². The van der Waals surface area contributed by atoms with Gasteiger partial charge in [0.15, 0.2) is 11.6 Å². The second-order valence-electron chi connectivity index (χ2n) is 5.64. The van der Waals surface area contributed by atoms with Gasteiger partial charge in [-0.1, -0.05) is 12.8 Å². The third-order valence-electron chi connectivity index (χ3n) is 4.80. The molecule has 86 valence electrons. The minimum absolute atomic E-state index is 0.00889. The van der Waals surface area contributed by atoms with Crippen LogP contribution in [-0.4, -0.2) is 17.3 Å². The van der Waals surface area contributed by atoms with Crippen molar-refractivity contribution in [1.29, 1.82) is 0 Å². The first-order valence-electron chi connectivity index (χ1n) is 6.21. The van der Waals surface area contributed by atoms with Crippen LogP contribution in [0.15, 0.2) is 0 Å². The monoisotopic (exact) mass is 220 g/mol. The molecule has 0 aromatic rings. The topological polar surface area (TPSA) is 51.2 Å². The second kappa shape index (κ2) is 3.25. The van der Waals surface area contributed by atoms with E-state index in [-0.39, 0.29) is 36.1 Å². The zero-order chi connectivity index (χ0) is 11.3. The molecule has 3 saturated carbocycles. The molecule has 3 nitrogen and oxygen atoms in total.